The number of nitrogens with one attached hydrogen (secondary N) is 1. The highest BCUT2D eigenvalue weighted by Gasteiger charge is 2.21. The van der Waals surface area contributed by atoms with Gasteiger partial charge in [-0.05, 0) is 12.1 Å². The molecule has 0 bridgehead atoms. The number of sulfonamides is 1. The highest BCUT2D eigenvalue weighted by molar-refractivity contribution is 7.92. The number of hydrogen-bond acceptors (Lipinski definition) is 6. The summed E-state index contributed by atoms with van der Waals surface area (Å²) in [4.78, 5) is 11.0. The Bertz CT molecular complexity index is 631. The number of nitrogens with zero attached hydrogens (tertiary/aromatic N) is 1. The van der Waals surface area contributed by atoms with Crippen molar-refractivity contribution in [1.82, 2.24) is 5.32 Å². The van der Waals surface area contributed by atoms with Crippen molar-refractivity contribution in [2.75, 3.05) is 37.6 Å². The number of carbonyl (C=O) groups excluding carboxylic acids is 1. The first kappa shape index (κ1) is 15.2. The van der Waals surface area contributed by atoms with E-state index in [1.165, 1.54) is 11.4 Å². The fourth-order valence-electron chi connectivity index (χ4n) is 1.86. The largest absolute Gasteiger partial charge is 0.454 e. The van der Waals surface area contributed by atoms with Gasteiger partial charge in [0.05, 0.1) is 25.6 Å². The van der Waals surface area contributed by atoms with Crippen LogP contribution in [0.25, 0.3) is 0 Å². The second-order valence-electron chi connectivity index (χ2n) is 4.29. The molecule has 0 radical (unpaired) electrons. The van der Waals surface area contributed by atoms with E-state index < -0.39 is 16.1 Å². The second kappa shape index (κ2) is 6.08. The van der Waals surface area contributed by atoms with Crippen molar-refractivity contribution in [1.29, 1.82) is 0 Å². The highest BCUT2D eigenvalue weighted by Crippen LogP contribution is 2.35. The molecule has 1 aromatic rings. The van der Waals surface area contributed by atoms with E-state index in [4.69, 9.17) is 9.47 Å². The van der Waals surface area contributed by atoms with E-state index in [-0.39, 0.29) is 19.9 Å². The average Bonchev–Trinajstić information content (AvgIpc) is 2.89. The van der Waals surface area contributed by atoms with Crippen LogP contribution in [-0.4, -0.2) is 47.8 Å². The second-order valence-corrected chi connectivity index (χ2v) is 6.20. The molecule has 0 atom stereocenters. The minimum absolute atomic E-state index is 0.0770. The molecule has 1 aliphatic rings. The average molecular weight is 316 g/mol. The lowest BCUT2D eigenvalue weighted by Crippen LogP contribution is -2.38. The van der Waals surface area contributed by atoms with Crippen LogP contribution >= 0.6 is 0 Å². The molecule has 0 saturated heterocycles. The van der Waals surface area contributed by atoms with E-state index in [1.807, 2.05) is 0 Å². The summed E-state index contributed by atoms with van der Waals surface area (Å²) in [6.07, 6.45) is 0.476. The lowest BCUT2D eigenvalue weighted by molar-refractivity contribution is 0.171. The first-order valence-electron chi connectivity index (χ1n) is 6.11. The number of fused-ring (bicyclic) bond motifs is 1. The van der Waals surface area contributed by atoms with Gasteiger partial charge in [0.25, 0.3) is 0 Å². The SMILES string of the molecule is COC(=O)NCCN(c1ccc2c(c1)OCO2)S(C)(=O)=O. The van der Waals surface area contributed by atoms with Crippen molar-refractivity contribution >= 4 is 21.8 Å². The van der Waals surface area contributed by atoms with Crippen molar-refractivity contribution in [3.63, 3.8) is 0 Å². The molecule has 0 unspecified atom stereocenters. The number of hydrogen-bond donors (Lipinski definition) is 1. The zero-order valence-electron chi connectivity index (χ0n) is 11.7. The van der Waals surface area contributed by atoms with Crippen molar-refractivity contribution in [3.8, 4) is 11.5 Å². The van der Waals surface area contributed by atoms with Crippen LogP contribution in [0.3, 0.4) is 0 Å². The van der Waals surface area contributed by atoms with E-state index in [0.717, 1.165) is 6.26 Å². The van der Waals surface area contributed by atoms with Crippen LogP contribution in [0.15, 0.2) is 18.2 Å². The van der Waals surface area contributed by atoms with Gasteiger partial charge in [-0.15, -0.1) is 0 Å². The standard InChI is InChI=1S/C12H16N2O6S/c1-18-12(15)13-5-6-14(21(2,16)17)9-3-4-10-11(7-9)20-8-19-10/h3-4,7H,5-6,8H2,1-2H3,(H,13,15). The normalized spacial score (nSPS) is 12.9. The third-order valence-corrected chi connectivity index (χ3v) is 4.01. The third kappa shape index (κ3) is 3.69. The molecule has 9 heteroatoms. The molecule has 0 saturated carbocycles. The number of benzene rings is 1. The van der Waals surface area contributed by atoms with Gasteiger partial charge in [0.15, 0.2) is 11.5 Å². The van der Waals surface area contributed by atoms with Gasteiger partial charge in [0.1, 0.15) is 0 Å². The Labute approximate surface area is 122 Å². The van der Waals surface area contributed by atoms with Gasteiger partial charge in [-0.2, -0.15) is 0 Å². The number of methoxy groups -OCH3 is 1. The van der Waals surface area contributed by atoms with Crippen molar-refractivity contribution in [2.24, 2.45) is 0 Å². The molecule has 1 amide bonds. The summed E-state index contributed by atoms with van der Waals surface area (Å²) in [6.45, 7) is 0.309. The number of alkyl carbamates (subject to hydrolysis) is 1. The van der Waals surface area contributed by atoms with E-state index >= 15 is 0 Å². The van der Waals surface area contributed by atoms with E-state index in [9.17, 15) is 13.2 Å². The van der Waals surface area contributed by atoms with Crippen molar-refractivity contribution in [3.05, 3.63) is 18.2 Å². The lowest BCUT2D eigenvalue weighted by Gasteiger charge is -2.22. The highest BCUT2D eigenvalue weighted by atomic mass is 32.2. The maximum absolute atomic E-state index is 11.9. The molecule has 0 spiro atoms. The molecule has 2 rings (SSSR count). The van der Waals surface area contributed by atoms with Gasteiger partial charge in [-0.25, -0.2) is 13.2 Å². The first-order chi connectivity index (χ1) is 9.91. The van der Waals surface area contributed by atoms with Crippen LogP contribution in [0.5, 0.6) is 11.5 Å². The van der Waals surface area contributed by atoms with Crippen molar-refractivity contribution < 1.29 is 27.4 Å². The first-order valence-corrected chi connectivity index (χ1v) is 7.96. The summed E-state index contributed by atoms with van der Waals surface area (Å²) in [6, 6.07) is 4.85. The van der Waals surface area contributed by atoms with Crippen LogP contribution in [0.1, 0.15) is 0 Å². The van der Waals surface area contributed by atoms with Gasteiger partial charge in [0.2, 0.25) is 16.8 Å². The molecule has 1 heterocycles. The van der Waals surface area contributed by atoms with Gasteiger partial charge in [-0.1, -0.05) is 0 Å². The smallest absolute Gasteiger partial charge is 0.406 e. The van der Waals surface area contributed by atoms with Gasteiger partial charge in [0, 0.05) is 12.6 Å². The zero-order valence-corrected chi connectivity index (χ0v) is 12.5. The molecule has 1 aromatic carbocycles. The molecule has 21 heavy (non-hydrogen) atoms. The van der Waals surface area contributed by atoms with Crippen LogP contribution < -0.4 is 19.1 Å². The summed E-state index contributed by atoms with van der Waals surface area (Å²) < 4.78 is 39.8. The molecular weight excluding hydrogens is 300 g/mol. The Balaban J connectivity index is 2.15. The number of ether oxygens (including phenoxy) is 3. The summed E-state index contributed by atoms with van der Waals surface area (Å²) in [5.74, 6) is 1.06. The predicted octanol–water partition coefficient (Wildman–Crippen LogP) is 0.537. The molecule has 1 aliphatic heterocycles. The molecule has 0 aliphatic carbocycles. The number of carbonyl (C=O) groups is 1. The summed E-state index contributed by atoms with van der Waals surface area (Å²) >= 11 is 0. The van der Waals surface area contributed by atoms with Crippen LogP contribution in [-0.2, 0) is 14.8 Å². The fourth-order valence-corrected chi connectivity index (χ4v) is 2.78. The predicted molar refractivity (Wildman–Crippen MR) is 75.2 cm³/mol. The van der Waals surface area contributed by atoms with Crippen LogP contribution in [0.4, 0.5) is 10.5 Å². The Morgan fingerprint density at radius 2 is 2.10 bits per heavy atom. The minimum Gasteiger partial charge on any atom is -0.454 e. The maximum atomic E-state index is 11.9. The molecular formula is C12H16N2O6S. The lowest BCUT2D eigenvalue weighted by atomic mass is 10.3. The Morgan fingerprint density at radius 1 is 1.38 bits per heavy atom. The van der Waals surface area contributed by atoms with Crippen molar-refractivity contribution in [2.45, 2.75) is 0 Å². The Kier molecular flexibility index (Phi) is 4.41. The topological polar surface area (TPSA) is 94.2 Å². The summed E-state index contributed by atoms with van der Waals surface area (Å²) in [5, 5.41) is 2.43. The van der Waals surface area contributed by atoms with Gasteiger partial charge >= 0.3 is 6.09 Å². The van der Waals surface area contributed by atoms with E-state index in [0.29, 0.717) is 17.2 Å². The molecule has 8 nitrogen and oxygen atoms in total. The molecule has 116 valence electrons. The molecule has 0 aromatic heterocycles. The minimum atomic E-state index is -3.50. The number of anilines is 1. The zero-order chi connectivity index (χ0) is 15.5. The van der Waals surface area contributed by atoms with E-state index in [2.05, 4.69) is 10.1 Å². The van der Waals surface area contributed by atoms with Crippen LogP contribution in [0, 0.1) is 0 Å². The Morgan fingerprint density at radius 3 is 2.76 bits per heavy atom. The van der Waals surface area contributed by atoms with E-state index in [1.54, 1.807) is 18.2 Å². The maximum Gasteiger partial charge on any atom is 0.406 e. The number of amides is 1. The summed E-state index contributed by atoms with van der Waals surface area (Å²) in [7, 11) is -2.26. The quantitative estimate of drug-likeness (QED) is 0.852. The van der Waals surface area contributed by atoms with Gasteiger partial charge in [-0.3, -0.25) is 4.31 Å². The van der Waals surface area contributed by atoms with Gasteiger partial charge < -0.3 is 19.5 Å². The Hall–Kier alpha value is -2.16. The molecule has 0 fully saturated rings. The van der Waals surface area contributed by atoms with Crippen LogP contribution in [0.2, 0.25) is 0 Å². The number of rotatable bonds is 5. The fraction of sp³-hybridized carbons (Fsp3) is 0.417. The third-order valence-electron chi connectivity index (χ3n) is 2.81. The molecule has 1 N–H and O–H groups in total. The summed E-state index contributed by atoms with van der Waals surface area (Å²) in [5.41, 5.74) is 0.438. The monoisotopic (exact) mass is 316 g/mol.